The smallest absolute Gasteiger partial charge is 0.405 e. The van der Waals surface area contributed by atoms with Gasteiger partial charge in [0.25, 0.3) is 0 Å². The predicted octanol–water partition coefficient (Wildman–Crippen LogP) is 0.598. The Morgan fingerprint density at radius 1 is 1.67 bits per heavy atom. The minimum atomic E-state index is -4.68. The number of aliphatic carboxylic acids is 1. The Hall–Kier alpha value is -0.780. The maximum absolute atomic E-state index is 12.1. The number of halogens is 3. The molecule has 0 aromatic carbocycles. The van der Waals surface area contributed by atoms with E-state index in [0.717, 1.165) is 0 Å². The van der Waals surface area contributed by atoms with E-state index in [-0.39, 0.29) is 13.0 Å². The summed E-state index contributed by atoms with van der Waals surface area (Å²) < 4.78 is 36.4. The molecule has 0 spiro atoms. The van der Waals surface area contributed by atoms with Gasteiger partial charge >= 0.3 is 12.1 Å². The molecule has 1 saturated carbocycles. The lowest BCUT2D eigenvalue weighted by Crippen LogP contribution is -2.35. The zero-order valence-corrected chi connectivity index (χ0v) is 6.06. The van der Waals surface area contributed by atoms with Gasteiger partial charge in [0.1, 0.15) is 0 Å². The molecule has 0 saturated heterocycles. The number of rotatable bonds is 2. The second-order valence-corrected chi connectivity index (χ2v) is 2.91. The Morgan fingerprint density at radius 2 is 2.17 bits per heavy atom. The summed E-state index contributed by atoms with van der Waals surface area (Å²) in [6, 6.07) is 0. The molecule has 3 nitrogen and oxygen atoms in total. The van der Waals surface area contributed by atoms with Crippen molar-refractivity contribution < 1.29 is 23.1 Å². The van der Waals surface area contributed by atoms with Crippen molar-refractivity contribution in [3.05, 3.63) is 0 Å². The van der Waals surface area contributed by atoms with Gasteiger partial charge in [-0.2, -0.15) is 13.2 Å². The van der Waals surface area contributed by atoms with Crippen LogP contribution in [-0.4, -0.2) is 23.8 Å². The molecule has 12 heavy (non-hydrogen) atoms. The molecule has 0 radical (unpaired) electrons. The van der Waals surface area contributed by atoms with E-state index in [0.29, 0.717) is 0 Å². The van der Waals surface area contributed by atoms with Gasteiger partial charge in [0, 0.05) is 0 Å². The molecule has 0 aromatic heterocycles. The fourth-order valence-corrected chi connectivity index (χ4v) is 1.34. The molecule has 0 heterocycles. The van der Waals surface area contributed by atoms with E-state index in [1.165, 1.54) is 0 Å². The zero-order valence-electron chi connectivity index (χ0n) is 6.06. The molecule has 1 rings (SSSR count). The van der Waals surface area contributed by atoms with Crippen LogP contribution < -0.4 is 5.73 Å². The number of carbonyl (C=O) groups is 1. The van der Waals surface area contributed by atoms with Gasteiger partial charge in [0.2, 0.25) is 0 Å². The molecule has 0 aliphatic heterocycles. The Labute approximate surface area is 66.4 Å². The van der Waals surface area contributed by atoms with Crippen LogP contribution in [0.15, 0.2) is 0 Å². The summed E-state index contributed by atoms with van der Waals surface area (Å²) in [7, 11) is 0. The number of carboxylic acid groups (broad SMARTS) is 1. The van der Waals surface area contributed by atoms with Gasteiger partial charge < -0.3 is 10.8 Å². The summed E-state index contributed by atoms with van der Waals surface area (Å²) in [5.74, 6) is -2.76. The molecule has 0 aromatic rings. The van der Waals surface area contributed by atoms with Gasteiger partial charge in [-0.05, 0) is 18.9 Å². The third-order valence-corrected chi connectivity index (χ3v) is 2.28. The fraction of sp³-hybridized carbons (Fsp3) is 0.833. The Bertz CT molecular complexity index is 215. The first-order valence-corrected chi connectivity index (χ1v) is 3.36. The summed E-state index contributed by atoms with van der Waals surface area (Å²) >= 11 is 0. The topological polar surface area (TPSA) is 63.3 Å². The van der Waals surface area contributed by atoms with Crippen molar-refractivity contribution in [1.82, 2.24) is 0 Å². The van der Waals surface area contributed by atoms with Crippen LogP contribution in [0.4, 0.5) is 13.2 Å². The number of alkyl halides is 3. The first-order valence-electron chi connectivity index (χ1n) is 3.36. The van der Waals surface area contributed by atoms with Gasteiger partial charge in [-0.1, -0.05) is 0 Å². The molecule has 1 aliphatic rings. The average Bonchev–Trinajstić information content (AvgIpc) is 2.59. The fourth-order valence-electron chi connectivity index (χ4n) is 1.34. The second kappa shape index (κ2) is 2.35. The van der Waals surface area contributed by atoms with Crippen molar-refractivity contribution >= 4 is 5.97 Å². The van der Waals surface area contributed by atoms with Crippen LogP contribution in [0.5, 0.6) is 0 Å². The van der Waals surface area contributed by atoms with Crippen molar-refractivity contribution in [2.75, 3.05) is 6.54 Å². The molecule has 0 amide bonds. The van der Waals surface area contributed by atoms with E-state index < -0.39 is 23.5 Å². The summed E-state index contributed by atoms with van der Waals surface area (Å²) in [5, 5.41) is 8.37. The molecule has 1 fully saturated rings. The van der Waals surface area contributed by atoms with Crippen LogP contribution in [0.1, 0.15) is 6.42 Å². The molecule has 2 atom stereocenters. The van der Waals surface area contributed by atoms with Crippen molar-refractivity contribution in [1.29, 1.82) is 0 Å². The first kappa shape index (κ1) is 9.31. The zero-order chi connectivity index (χ0) is 9.57. The summed E-state index contributed by atoms with van der Waals surface area (Å²) in [4.78, 5) is 10.3. The average molecular weight is 183 g/mol. The maximum Gasteiger partial charge on any atom is 0.405 e. The molecular weight excluding hydrogens is 175 g/mol. The minimum Gasteiger partial charge on any atom is -0.481 e. The van der Waals surface area contributed by atoms with Crippen molar-refractivity contribution in [2.45, 2.75) is 12.6 Å². The van der Waals surface area contributed by atoms with Gasteiger partial charge in [0.15, 0.2) is 5.41 Å². The summed E-state index contributed by atoms with van der Waals surface area (Å²) in [6.45, 7) is -0.230. The Balaban J connectivity index is 2.87. The maximum atomic E-state index is 12.1. The van der Waals surface area contributed by atoms with Crippen LogP contribution in [-0.2, 0) is 4.79 Å². The van der Waals surface area contributed by atoms with Crippen LogP contribution in [0.3, 0.4) is 0 Å². The lowest BCUT2D eigenvalue weighted by atomic mass is 10.0. The minimum absolute atomic E-state index is 0.230. The van der Waals surface area contributed by atoms with E-state index >= 15 is 0 Å². The molecule has 70 valence electrons. The van der Waals surface area contributed by atoms with E-state index in [9.17, 15) is 18.0 Å². The van der Waals surface area contributed by atoms with E-state index in [1.54, 1.807) is 0 Å². The van der Waals surface area contributed by atoms with Crippen LogP contribution in [0.25, 0.3) is 0 Å². The molecule has 3 N–H and O–H groups in total. The lowest BCUT2D eigenvalue weighted by molar-refractivity contribution is -0.206. The molecule has 2 unspecified atom stereocenters. The quantitative estimate of drug-likeness (QED) is 0.658. The van der Waals surface area contributed by atoms with Crippen molar-refractivity contribution in [2.24, 2.45) is 17.1 Å². The van der Waals surface area contributed by atoms with Gasteiger partial charge in [-0.25, -0.2) is 0 Å². The van der Waals surface area contributed by atoms with Crippen molar-refractivity contribution in [3.63, 3.8) is 0 Å². The Kier molecular flexibility index (Phi) is 1.82. The third-order valence-electron chi connectivity index (χ3n) is 2.28. The van der Waals surface area contributed by atoms with E-state index in [2.05, 4.69) is 0 Å². The van der Waals surface area contributed by atoms with Gasteiger partial charge in [-0.15, -0.1) is 0 Å². The normalized spacial score (nSPS) is 34.8. The van der Waals surface area contributed by atoms with E-state index in [4.69, 9.17) is 10.8 Å². The van der Waals surface area contributed by atoms with E-state index in [1.807, 2.05) is 0 Å². The molecular formula is C6H8F3NO2. The number of carboxylic acids is 1. The van der Waals surface area contributed by atoms with Crippen LogP contribution >= 0.6 is 0 Å². The predicted molar refractivity (Wildman–Crippen MR) is 33.3 cm³/mol. The SMILES string of the molecule is NCC1CC1(C(=O)O)C(F)(F)F. The monoisotopic (exact) mass is 183 g/mol. The number of nitrogens with two attached hydrogens (primary N) is 1. The third kappa shape index (κ3) is 0.979. The van der Waals surface area contributed by atoms with Gasteiger partial charge in [-0.3, -0.25) is 4.79 Å². The highest BCUT2D eigenvalue weighted by atomic mass is 19.4. The molecule has 0 bridgehead atoms. The van der Waals surface area contributed by atoms with Crippen LogP contribution in [0, 0.1) is 11.3 Å². The molecule has 1 aliphatic carbocycles. The summed E-state index contributed by atoms with van der Waals surface area (Å²) in [6.07, 6.45) is -5.06. The lowest BCUT2D eigenvalue weighted by Gasteiger charge is -2.15. The second-order valence-electron chi connectivity index (χ2n) is 2.91. The largest absolute Gasteiger partial charge is 0.481 e. The number of hydrogen-bond acceptors (Lipinski definition) is 2. The van der Waals surface area contributed by atoms with Gasteiger partial charge in [0.05, 0.1) is 0 Å². The van der Waals surface area contributed by atoms with Crippen molar-refractivity contribution in [3.8, 4) is 0 Å². The summed E-state index contributed by atoms with van der Waals surface area (Å²) in [5.41, 5.74) is 2.43. The Morgan fingerprint density at radius 3 is 2.25 bits per heavy atom. The number of hydrogen-bond donors (Lipinski definition) is 2. The molecule has 6 heteroatoms. The highest BCUT2D eigenvalue weighted by Crippen LogP contribution is 2.62. The highest BCUT2D eigenvalue weighted by molar-refractivity contribution is 5.79. The van der Waals surface area contributed by atoms with Crippen LogP contribution in [0.2, 0.25) is 0 Å². The highest BCUT2D eigenvalue weighted by Gasteiger charge is 2.75. The first-order chi connectivity index (χ1) is 5.36. The standard InChI is InChI=1S/C6H8F3NO2/c7-6(8,9)5(4(11)12)1-3(5)2-10/h3H,1-2,10H2,(H,11,12).